The number of nitrogens with one attached hydrogen (secondary N) is 1. The van der Waals surface area contributed by atoms with E-state index in [-0.39, 0.29) is 11.3 Å². The van der Waals surface area contributed by atoms with Crippen LogP contribution in [0.4, 0.5) is 13.2 Å². The van der Waals surface area contributed by atoms with Crippen LogP contribution in [0.15, 0.2) is 16.6 Å². The highest BCUT2D eigenvalue weighted by molar-refractivity contribution is 9.10. The highest BCUT2D eigenvalue weighted by Gasteiger charge is 2.37. The first-order valence-corrected chi connectivity index (χ1v) is 6.49. The number of halogens is 4. The van der Waals surface area contributed by atoms with Gasteiger partial charge < -0.3 is 14.8 Å². The van der Waals surface area contributed by atoms with Gasteiger partial charge in [0.1, 0.15) is 5.75 Å². The van der Waals surface area contributed by atoms with Crippen molar-refractivity contribution in [1.29, 1.82) is 0 Å². The predicted octanol–water partition coefficient (Wildman–Crippen LogP) is 3.14. The molecule has 1 aromatic carbocycles. The molecule has 106 valence electrons. The van der Waals surface area contributed by atoms with Crippen LogP contribution in [0.1, 0.15) is 17.2 Å². The number of benzene rings is 1. The van der Waals surface area contributed by atoms with Crippen molar-refractivity contribution < 1.29 is 22.6 Å². The molecular weight excluding hydrogens is 327 g/mol. The average molecular weight is 340 g/mol. The second kappa shape index (κ2) is 5.68. The zero-order chi connectivity index (χ0) is 14.0. The number of morpholine rings is 1. The van der Waals surface area contributed by atoms with Crippen molar-refractivity contribution in [1.82, 2.24) is 5.32 Å². The van der Waals surface area contributed by atoms with E-state index in [4.69, 9.17) is 9.47 Å². The summed E-state index contributed by atoms with van der Waals surface area (Å²) in [6.45, 7) is 1.41. The molecule has 1 saturated heterocycles. The summed E-state index contributed by atoms with van der Waals surface area (Å²) in [7, 11) is 1.33. The van der Waals surface area contributed by atoms with Crippen LogP contribution in [-0.4, -0.2) is 26.8 Å². The van der Waals surface area contributed by atoms with E-state index < -0.39 is 17.8 Å². The van der Waals surface area contributed by atoms with Crippen LogP contribution < -0.4 is 10.1 Å². The van der Waals surface area contributed by atoms with Crippen LogP contribution in [-0.2, 0) is 10.9 Å². The molecule has 0 spiro atoms. The van der Waals surface area contributed by atoms with Crippen LogP contribution in [0.3, 0.4) is 0 Å². The monoisotopic (exact) mass is 339 g/mol. The van der Waals surface area contributed by atoms with E-state index >= 15 is 0 Å². The Bertz CT molecular complexity index is 459. The fourth-order valence-corrected chi connectivity index (χ4v) is 2.53. The van der Waals surface area contributed by atoms with Crippen molar-refractivity contribution in [2.45, 2.75) is 12.3 Å². The third kappa shape index (κ3) is 3.21. The lowest BCUT2D eigenvalue weighted by molar-refractivity contribution is -0.139. The third-order valence-electron chi connectivity index (χ3n) is 2.90. The van der Waals surface area contributed by atoms with Crippen molar-refractivity contribution >= 4 is 15.9 Å². The number of hydrogen-bond donors (Lipinski definition) is 1. The number of hydrogen-bond acceptors (Lipinski definition) is 3. The Balaban J connectivity index is 2.48. The van der Waals surface area contributed by atoms with Gasteiger partial charge in [0.15, 0.2) is 0 Å². The Morgan fingerprint density at radius 3 is 2.68 bits per heavy atom. The van der Waals surface area contributed by atoms with E-state index in [2.05, 4.69) is 21.2 Å². The number of alkyl halides is 3. The van der Waals surface area contributed by atoms with Crippen molar-refractivity contribution in [3.63, 3.8) is 0 Å². The van der Waals surface area contributed by atoms with Gasteiger partial charge in [-0.1, -0.05) is 0 Å². The van der Waals surface area contributed by atoms with E-state index in [0.29, 0.717) is 24.2 Å². The van der Waals surface area contributed by atoms with Crippen molar-refractivity contribution in [2.24, 2.45) is 0 Å². The van der Waals surface area contributed by atoms with Crippen LogP contribution in [0.25, 0.3) is 0 Å². The molecule has 1 heterocycles. The van der Waals surface area contributed by atoms with Crippen LogP contribution in [0.2, 0.25) is 0 Å². The first kappa shape index (κ1) is 14.6. The summed E-state index contributed by atoms with van der Waals surface area (Å²) < 4.78 is 50.1. The maximum Gasteiger partial charge on any atom is 0.416 e. The molecule has 1 aliphatic rings. The van der Waals surface area contributed by atoms with Gasteiger partial charge in [0.2, 0.25) is 0 Å². The van der Waals surface area contributed by atoms with Crippen LogP contribution in [0, 0.1) is 0 Å². The topological polar surface area (TPSA) is 30.5 Å². The summed E-state index contributed by atoms with van der Waals surface area (Å²) in [5.41, 5.74) is -0.603. The summed E-state index contributed by atoms with van der Waals surface area (Å²) in [5.74, 6) is 0.153. The molecule has 0 bridgehead atoms. The average Bonchev–Trinajstić information content (AvgIpc) is 2.38. The lowest BCUT2D eigenvalue weighted by Crippen LogP contribution is -2.34. The number of methoxy groups -OCH3 is 1. The summed E-state index contributed by atoms with van der Waals surface area (Å²) in [4.78, 5) is 0. The quantitative estimate of drug-likeness (QED) is 0.897. The standard InChI is InChI=1S/C12H13BrF3NO2/c1-18-10-5-8(12(14,15)16)7(4-9(10)13)11-6-17-2-3-19-11/h4-5,11,17H,2-3,6H2,1H3. The maximum absolute atomic E-state index is 13.1. The molecule has 3 nitrogen and oxygen atoms in total. The van der Waals surface area contributed by atoms with E-state index in [1.807, 2.05) is 0 Å². The minimum Gasteiger partial charge on any atom is -0.496 e. The minimum atomic E-state index is -4.44. The van der Waals surface area contributed by atoms with Crippen LogP contribution >= 0.6 is 15.9 Å². The second-order valence-electron chi connectivity index (χ2n) is 4.14. The zero-order valence-electron chi connectivity index (χ0n) is 10.2. The largest absolute Gasteiger partial charge is 0.496 e. The lowest BCUT2D eigenvalue weighted by Gasteiger charge is -2.27. The van der Waals surface area contributed by atoms with Gasteiger partial charge in [-0.05, 0) is 33.6 Å². The Morgan fingerprint density at radius 2 is 2.16 bits per heavy atom. The van der Waals surface area contributed by atoms with Gasteiger partial charge in [-0.3, -0.25) is 0 Å². The van der Waals surface area contributed by atoms with Gasteiger partial charge in [-0.25, -0.2) is 0 Å². The molecule has 0 amide bonds. The summed E-state index contributed by atoms with van der Waals surface area (Å²) in [6.07, 6.45) is -5.04. The molecule has 0 aromatic heterocycles. The van der Waals surface area contributed by atoms with Crippen LogP contribution in [0.5, 0.6) is 5.75 Å². The molecule has 0 radical (unpaired) electrons. The van der Waals surface area contributed by atoms with Crippen molar-refractivity contribution in [3.05, 3.63) is 27.7 Å². The zero-order valence-corrected chi connectivity index (χ0v) is 11.8. The predicted molar refractivity (Wildman–Crippen MR) is 67.3 cm³/mol. The van der Waals surface area contributed by atoms with Gasteiger partial charge in [0.05, 0.1) is 29.9 Å². The molecule has 19 heavy (non-hydrogen) atoms. The van der Waals surface area contributed by atoms with Gasteiger partial charge in [-0.15, -0.1) is 0 Å². The molecule has 0 aliphatic carbocycles. The normalized spacial score (nSPS) is 20.4. The SMILES string of the molecule is COc1cc(C(F)(F)F)c(C2CNCCO2)cc1Br. The number of ether oxygens (including phenoxy) is 2. The highest BCUT2D eigenvalue weighted by atomic mass is 79.9. The first-order chi connectivity index (χ1) is 8.93. The van der Waals surface area contributed by atoms with Crippen molar-refractivity contribution in [3.8, 4) is 5.75 Å². The smallest absolute Gasteiger partial charge is 0.416 e. The van der Waals surface area contributed by atoms with Gasteiger partial charge in [-0.2, -0.15) is 13.2 Å². The molecule has 1 aromatic rings. The van der Waals surface area contributed by atoms with Crippen molar-refractivity contribution in [2.75, 3.05) is 26.8 Å². The molecule has 1 unspecified atom stereocenters. The third-order valence-corrected chi connectivity index (χ3v) is 3.52. The maximum atomic E-state index is 13.1. The van der Waals surface area contributed by atoms with Gasteiger partial charge >= 0.3 is 6.18 Å². The minimum absolute atomic E-state index is 0.118. The fourth-order valence-electron chi connectivity index (χ4n) is 2.00. The molecule has 1 aliphatic heterocycles. The molecular formula is C12H13BrF3NO2. The second-order valence-corrected chi connectivity index (χ2v) is 4.99. The first-order valence-electron chi connectivity index (χ1n) is 5.70. The van der Waals surface area contributed by atoms with E-state index in [1.54, 1.807) is 0 Å². The molecule has 1 fully saturated rings. The summed E-state index contributed by atoms with van der Waals surface area (Å²) >= 11 is 3.21. The Labute approximate surface area is 117 Å². The van der Waals surface area contributed by atoms with E-state index in [0.717, 1.165) is 6.07 Å². The van der Waals surface area contributed by atoms with E-state index in [1.165, 1.54) is 13.2 Å². The van der Waals surface area contributed by atoms with Gasteiger partial charge in [0.25, 0.3) is 0 Å². The molecule has 1 N–H and O–H groups in total. The lowest BCUT2D eigenvalue weighted by atomic mass is 10.0. The number of rotatable bonds is 2. The Morgan fingerprint density at radius 1 is 1.42 bits per heavy atom. The summed E-state index contributed by atoms with van der Waals surface area (Å²) in [6, 6.07) is 2.41. The Hall–Kier alpha value is -0.790. The van der Waals surface area contributed by atoms with Gasteiger partial charge in [0, 0.05) is 13.1 Å². The molecule has 1 atom stereocenters. The molecule has 2 rings (SSSR count). The fraction of sp³-hybridized carbons (Fsp3) is 0.500. The van der Waals surface area contributed by atoms with E-state index in [9.17, 15) is 13.2 Å². The molecule has 0 saturated carbocycles. The highest BCUT2D eigenvalue weighted by Crippen LogP contribution is 2.41. The summed E-state index contributed by atoms with van der Waals surface area (Å²) in [5, 5.41) is 3.02. The molecule has 7 heteroatoms. The Kier molecular flexibility index (Phi) is 4.37.